The third-order valence-electron chi connectivity index (χ3n) is 5.01. The largest absolute Gasteiger partial charge is 0.372 e. The van der Waals surface area contributed by atoms with Gasteiger partial charge < -0.3 is 20.0 Å². The lowest BCUT2D eigenvalue weighted by Crippen LogP contribution is -2.50. The summed E-state index contributed by atoms with van der Waals surface area (Å²) in [5.41, 5.74) is 3.29. The van der Waals surface area contributed by atoms with Gasteiger partial charge in [0.05, 0.1) is 0 Å². The zero-order chi connectivity index (χ0) is 19.2. The van der Waals surface area contributed by atoms with Crippen LogP contribution >= 0.6 is 12.2 Å². The smallest absolute Gasteiger partial charge is 0.173 e. The highest BCUT2D eigenvalue weighted by molar-refractivity contribution is 7.80. The molecule has 3 rings (SSSR count). The molecule has 0 spiro atoms. The maximum absolute atomic E-state index is 13.1. The lowest BCUT2D eigenvalue weighted by molar-refractivity contribution is 0.391. The Morgan fingerprint density at radius 3 is 2.11 bits per heavy atom. The van der Waals surface area contributed by atoms with E-state index in [9.17, 15) is 4.39 Å². The molecule has 2 aromatic carbocycles. The van der Waals surface area contributed by atoms with E-state index in [-0.39, 0.29) is 5.82 Å². The van der Waals surface area contributed by atoms with Crippen molar-refractivity contribution in [2.24, 2.45) is 0 Å². The van der Waals surface area contributed by atoms with Crippen molar-refractivity contribution in [2.75, 3.05) is 54.4 Å². The minimum atomic E-state index is -0.199. The Hall–Kier alpha value is -2.34. The van der Waals surface area contributed by atoms with Crippen molar-refractivity contribution in [3.05, 3.63) is 54.3 Å². The molecule has 1 heterocycles. The molecular weight excluding hydrogens is 359 g/mol. The van der Waals surface area contributed by atoms with E-state index >= 15 is 0 Å². The van der Waals surface area contributed by atoms with Gasteiger partial charge in [0.25, 0.3) is 0 Å². The molecule has 27 heavy (non-hydrogen) atoms. The van der Waals surface area contributed by atoms with Crippen LogP contribution in [0.25, 0.3) is 0 Å². The minimum absolute atomic E-state index is 0.199. The predicted octanol–water partition coefficient (Wildman–Crippen LogP) is 4.19. The molecule has 0 atom stereocenters. The summed E-state index contributed by atoms with van der Waals surface area (Å²) in [6.45, 7) is 9.76. The molecule has 4 nitrogen and oxygen atoms in total. The lowest BCUT2D eigenvalue weighted by atomic mass is 10.2. The summed E-state index contributed by atoms with van der Waals surface area (Å²) in [5, 5.41) is 4.10. The van der Waals surface area contributed by atoms with E-state index in [4.69, 9.17) is 12.2 Å². The molecule has 1 aliphatic heterocycles. The fourth-order valence-electron chi connectivity index (χ4n) is 3.37. The monoisotopic (exact) mass is 386 g/mol. The van der Waals surface area contributed by atoms with Crippen molar-refractivity contribution in [3.63, 3.8) is 0 Å². The molecule has 0 amide bonds. The molecule has 0 radical (unpaired) electrons. The number of nitrogens with one attached hydrogen (secondary N) is 1. The van der Waals surface area contributed by atoms with Crippen LogP contribution in [0.5, 0.6) is 0 Å². The van der Waals surface area contributed by atoms with E-state index < -0.39 is 0 Å². The van der Waals surface area contributed by atoms with Gasteiger partial charge in [-0.3, -0.25) is 0 Å². The molecule has 1 N–H and O–H groups in total. The standard InChI is InChI=1S/C21H27FN4S/c1-3-24(4-2)19-11-7-18(8-12-19)23-21(27)26-15-13-25(14-16-26)20-9-5-17(22)6-10-20/h5-12H,3-4,13-16H2,1-2H3,(H,23,27). The quantitative estimate of drug-likeness (QED) is 0.776. The first-order valence-corrected chi connectivity index (χ1v) is 9.93. The van der Waals surface area contributed by atoms with Crippen LogP contribution in [0, 0.1) is 5.82 Å². The predicted molar refractivity (Wildman–Crippen MR) is 116 cm³/mol. The van der Waals surface area contributed by atoms with Crippen molar-refractivity contribution >= 4 is 34.4 Å². The van der Waals surface area contributed by atoms with E-state index in [1.165, 1.54) is 17.8 Å². The number of piperazine rings is 1. The topological polar surface area (TPSA) is 21.8 Å². The van der Waals surface area contributed by atoms with Crippen LogP contribution in [0.3, 0.4) is 0 Å². The molecule has 0 aromatic heterocycles. The van der Waals surface area contributed by atoms with Crippen LogP contribution < -0.4 is 15.1 Å². The number of benzene rings is 2. The number of halogens is 1. The molecule has 1 fully saturated rings. The Morgan fingerprint density at radius 1 is 0.963 bits per heavy atom. The zero-order valence-corrected chi connectivity index (χ0v) is 16.8. The summed E-state index contributed by atoms with van der Waals surface area (Å²) < 4.78 is 13.1. The maximum Gasteiger partial charge on any atom is 0.173 e. The molecule has 0 aliphatic carbocycles. The second-order valence-corrected chi connectivity index (χ2v) is 6.99. The van der Waals surface area contributed by atoms with Crippen LogP contribution in [0.4, 0.5) is 21.5 Å². The number of nitrogens with zero attached hydrogens (tertiary/aromatic N) is 3. The second-order valence-electron chi connectivity index (χ2n) is 6.60. The molecule has 1 aliphatic rings. The van der Waals surface area contributed by atoms with E-state index in [0.29, 0.717) is 0 Å². The van der Waals surface area contributed by atoms with Crippen molar-refractivity contribution in [3.8, 4) is 0 Å². The Kier molecular flexibility index (Phi) is 6.50. The molecular formula is C21H27FN4S. The van der Waals surface area contributed by atoms with Gasteiger partial charge in [-0.2, -0.15) is 0 Å². The van der Waals surface area contributed by atoms with Gasteiger partial charge in [-0.05, 0) is 74.6 Å². The van der Waals surface area contributed by atoms with Gasteiger partial charge in [0.1, 0.15) is 5.82 Å². The molecule has 2 aromatic rings. The SMILES string of the molecule is CCN(CC)c1ccc(NC(=S)N2CCN(c3ccc(F)cc3)CC2)cc1. The van der Waals surface area contributed by atoms with Gasteiger partial charge in [0, 0.05) is 56.3 Å². The van der Waals surface area contributed by atoms with Gasteiger partial charge in [-0.25, -0.2) is 4.39 Å². The number of hydrogen-bond acceptors (Lipinski definition) is 3. The van der Waals surface area contributed by atoms with Crippen molar-refractivity contribution in [1.29, 1.82) is 0 Å². The van der Waals surface area contributed by atoms with Gasteiger partial charge in [-0.15, -0.1) is 0 Å². The molecule has 0 unspecified atom stereocenters. The normalized spacial score (nSPS) is 14.2. The first-order valence-electron chi connectivity index (χ1n) is 9.52. The van der Waals surface area contributed by atoms with E-state index in [1.807, 2.05) is 12.1 Å². The van der Waals surface area contributed by atoms with Crippen LogP contribution in [0.15, 0.2) is 48.5 Å². The average molecular weight is 387 g/mol. The van der Waals surface area contributed by atoms with Crippen LogP contribution in [-0.2, 0) is 0 Å². The Labute approximate surface area is 166 Å². The van der Waals surface area contributed by atoms with Crippen molar-refractivity contribution in [2.45, 2.75) is 13.8 Å². The first kappa shape index (κ1) is 19.4. The highest BCUT2D eigenvalue weighted by Gasteiger charge is 2.19. The van der Waals surface area contributed by atoms with Gasteiger partial charge in [0.15, 0.2) is 5.11 Å². The van der Waals surface area contributed by atoms with E-state index in [1.54, 1.807) is 0 Å². The van der Waals surface area contributed by atoms with Crippen molar-refractivity contribution < 1.29 is 4.39 Å². The zero-order valence-electron chi connectivity index (χ0n) is 16.0. The Bertz CT molecular complexity index is 736. The lowest BCUT2D eigenvalue weighted by Gasteiger charge is -2.37. The highest BCUT2D eigenvalue weighted by atomic mass is 32.1. The number of hydrogen-bond donors (Lipinski definition) is 1. The summed E-state index contributed by atoms with van der Waals surface area (Å²) >= 11 is 5.59. The van der Waals surface area contributed by atoms with E-state index in [0.717, 1.165) is 55.8 Å². The molecule has 144 valence electrons. The van der Waals surface area contributed by atoms with Gasteiger partial charge in [-0.1, -0.05) is 0 Å². The van der Waals surface area contributed by atoms with Gasteiger partial charge in [0.2, 0.25) is 0 Å². The summed E-state index contributed by atoms with van der Waals surface area (Å²) in [6, 6.07) is 15.1. The van der Waals surface area contributed by atoms with Crippen LogP contribution in [0.2, 0.25) is 0 Å². The van der Waals surface area contributed by atoms with Crippen molar-refractivity contribution in [1.82, 2.24) is 4.90 Å². The third kappa shape index (κ3) is 4.89. The fraction of sp³-hybridized carbons (Fsp3) is 0.381. The second kappa shape index (κ2) is 9.04. The third-order valence-corrected chi connectivity index (χ3v) is 5.37. The fourth-order valence-corrected chi connectivity index (χ4v) is 3.67. The number of thiocarbonyl (C=S) groups is 1. The van der Waals surface area contributed by atoms with Crippen LogP contribution in [0.1, 0.15) is 13.8 Å². The minimum Gasteiger partial charge on any atom is -0.372 e. The highest BCUT2D eigenvalue weighted by Crippen LogP contribution is 2.20. The molecule has 6 heteroatoms. The average Bonchev–Trinajstić information content (AvgIpc) is 2.71. The summed E-state index contributed by atoms with van der Waals surface area (Å²) in [4.78, 5) is 6.77. The number of anilines is 3. The molecule has 0 saturated carbocycles. The summed E-state index contributed by atoms with van der Waals surface area (Å²) in [7, 11) is 0. The Morgan fingerprint density at radius 2 is 1.56 bits per heavy atom. The molecule has 1 saturated heterocycles. The summed E-state index contributed by atoms with van der Waals surface area (Å²) in [6.07, 6.45) is 0. The maximum atomic E-state index is 13.1. The van der Waals surface area contributed by atoms with Gasteiger partial charge >= 0.3 is 0 Å². The summed E-state index contributed by atoms with van der Waals surface area (Å²) in [5.74, 6) is -0.199. The molecule has 0 bridgehead atoms. The Balaban J connectivity index is 1.53. The van der Waals surface area contributed by atoms with E-state index in [2.05, 4.69) is 58.1 Å². The first-order chi connectivity index (χ1) is 13.1. The van der Waals surface area contributed by atoms with Crippen LogP contribution in [-0.4, -0.2) is 49.3 Å². The number of rotatable bonds is 5.